The van der Waals surface area contributed by atoms with Gasteiger partial charge in [-0.05, 0) is 5.56 Å². The molecule has 1 fully saturated rings. The molecule has 0 N–H and O–H groups in total. The zero-order chi connectivity index (χ0) is 9.10. The first kappa shape index (κ1) is 8.26. The first-order chi connectivity index (χ1) is 6.42. The second-order valence-electron chi connectivity index (χ2n) is 2.94. The van der Waals surface area contributed by atoms with Gasteiger partial charge >= 0.3 is 0 Å². The van der Waals surface area contributed by atoms with Crippen molar-refractivity contribution in [2.75, 3.05) is 6.61 Å². The van der Waals surface area contributed by atoms with E-state index in [9.17, 15) is 4.79 Å². The minimum Gasteiger partial charge on any atom is -0.457 e. The van der Waals surface area contributed by atoms with E-state index in [1.54, 1.807) is 0 Å². The van der Waals surface area contributed by atoms with Crippen molar-refractivity contribution < 1.29 is 14.3 Å². The summed E-state index contributed by atoms with van der Waals surface area (Å²) >= 11 is 0. The molecule has 0 aliphatic carbocycles. The van der Waals surface area contributed by atoms with E-state index in [1.165, 1.54) is 0 Å². The number of hydrogen-bond donors (Lipinski definition) is 0. The predicted molar refractivity (Wildman–Crippen MR) is 46.1 cm³/mol. The Morgan fingerprint density at radius 3 is 2.69 bits per heavy atom. The smallest absolute Gasteiger partial charge is 0.293 e. The van der Waals surface area contributed by atoms with Crippen LogP contribution in [0.5, 0.6) is 0 Å². The maximum Gasteiger partial charge on any atom is 0.293 e. The van der Waals surface area contributed by atoms with Crippen LogP contribution >= 0.6 is 0 Å². The standard InChI is InChI=1S/C10H10O3/c11-7-13-10(9-6-12-9)8-4-2-1-3-5-8/h1-5,7,9-10H,6H2. The Hall–Kier alpha value is -1.35. The van der Waals surface area contributed by atoms with Crippen LogP contribution in [0.25, 0.3) is 0 Å². The SMILES string of the molecule is O=COC(c1ccccc1)C1CO1. The molecule has 2 rings (SSSR count). The van der Waals surface area contributed by atoms with Gasteiger partial charge in [0.05, 0.1) is 6.61 Å². The first-order valence-electron chi connectivity index (χ1n) is 4.17. The molecule has 1 saturated heterocycles. The monoisotopic (exact) mass is 178 g/mol. The molecule has 3 nitrogen and oxygen atoms in total. The van der Waals surface area contributed by atoms with Crippen molar-refractivity contribution in [3.8, 4) is 0 Å². The van der Waals surface area contributed by atoms with Crippen LogP contribution in [0.2, 0.25) is 0 Å². The summed E-state index contributed by atoms with van der Waals surface area (Å²) in [5.74, 6) is 0. The molecular weight excluding hydrogens is 168 g/mol. The summed E-state index contributed by atoms with van der Waals surface area (Å²) in [6.45, 7) is 1.15. The van der Waals surface area contributed by atoms with E-state index in [0.29, 0.717) is 13.1 Å². The van der Waals surface area contributed by atoms with Gasteiger partial charge in [-0.2, -0.15) is 0 Å². The van der Waals surface area contributed by atoms with Crippen LogP contribution < -0.4 is 0 Å². The molecule has 1 aromatic carbocycles. The molecule has 0 radical (unpaired) electrons. The van der Waals surface area contributed by atoms with Crippen molar-refractivity contribution in [3.05, 3.63) is 35.9 Å². The number of carbonyl (C=O) groups excluding carboxylic acids is 1. The fourth-order valence-corrected chi connectivity index (χ4v) is 1.31. The van der Waals surface area contributed by atoms with E-state index in [-0.39, 0.29) is 12.2 Å². The van der Waals surface area contributed by atoms with Gasteiger partial charge in [-0.15, -0.1) is 0 Å². The summed E-state index contributed by atoms with van der Waals surface area (Å²) in [4.78, 5) is 10.2. The van der Waals surface area contributed by atoms with Gasteiger partial charge in [0.1, 0.15) is 6.10 Å². The molecule has 1 aromatic rings. The number of hydrogen-bond acceptors (Lipinski definition) is 3. The van der Waals surface area contributed by atoms with E-state index in [2.05, 4.69) is 0 Å². The molecule has 2 atom stereocenters. The van der Waals surface area contributed by atoms with Gasteiger partial charge < -0.3 is 9.47 Å². The molecule has 13 heavy (non-hydrogen) atoms. The van der Waals surface area contributed by atoms with Gasteiger partial charge in [-0.1, -0.05) is 30.3 Å². The second-order valence-corrected chi connectivity index (χ2v) is 2.94. The lowest BCUT2D eigenvalue weighted by molar-refractivity contribution is -0.134. The molecule has 0 spiro atoms. The van der Waals surface area contributed by atoms with Crippen molar-refractivity contribution in [2.24, 2.45) is 0 Å². The largest absolute Gasteiger partial charge is 0.457 e. The zero-order valence-corrected chi connectivity index (χ0v) is 7.05. The molecule has 0 amide bonds. The van der Waals surface area contributed by atoms with E-state index in [4.69, 9.17) is 9.47 Å². The first-order valence-corrected chi connectivity index (χ1v) is 4.17. The predicted octanol–water partition coefficient (Wildman–Crippen LogP) is 1.30. The lowest BCUT2D eigenvalue weighted by Gasteiger charge is -2.11. The van der Waals surface area contributed by atoms with Gasteiger partial charge in [-0.3, -0.25) is 4.79 Å². The van der Waals surface area contributed by atoms with Crippen molar-refractivity contribution >= 4 is 6.47 Å². The van der Waals surface area contributed by atoms with Crippen LogP contribution in [-0.4, -0.2) is 19.2 Å². The third kappa shape index (κ3) is 1.87. The minimum atomic E-state index is -0.237. The number of benzene rings is 1. The molecule has 1 aliphatic heterocycles. The number of epoxide rings is 1. The van der Waals surface area contributed by atoms with Crippen molar-refractivity contribution in [2.45, 2.75) is 12.2 Å². The van der Waals surface area contributed by atoms with Crippen LogP contribution in [0.1, 0.15) is 11.7 Å². The summed E-state index contributed by atoms with van der Waals surface area (Å²) in [6, 6.07) is 9.61. The summed E-state index contributed by atoms with van der Waals surface area (Å²) < 4.78 is 10.0. The maximum absolute atomic E-state index is 10.2. The lowest BCUT2D eigenvalue weighted by atomic mass is 10.1. The van der Waals surface area contributed by atoms with Crippen LogP contribution in [-0.2, 0) is 14.3 Å². The highest BCUT2D eigenvalue weighted by Gasteiger charge is 2.35. The Bertz CT molecular complexity index is 279. The zero-order valence-electron chi connectivity index (χ0n) is 7.05. The number of rotatable bonds is 4. The van der Waals surface area contributed by atoms with E-state index < -0.39 is 0 Å². The van der Waals surface area contributed by atoms with Crippen LogP contribution in [0, 0.1) is 0 Å². The second kappa shape index (κ2) is 3.58. The Kier molecular flexibility index (Phi) is 2.27. The van der Waals surface area contributed by atoms with Gasteiger partial charge in [0.2, 0.25) is 0 Å². The van der Waals surface area contributed by atoms with Crippen LogP contribution in [0.4, 0.5) is 0 Å². The quantitative estimate of drug-likeness (QED) is 0.515. The molecule has 0 aromatic heterocycles. The van der Waals surface area contributed by atoms with Crippen molar-refractivity contribution in [1.82, 2.24) is 0 Å². The molecule has 3 heteroatoms. The molecule has 1 heterocycles. The van der Waals surface area contributed by atoms with Crippen LogP contribution in [0.3, 0.4) is 0 Å². The fourth-order valence-electron chi connectivity index (χ4n) is 1.31. The average Bonchev–Trinajstić information content (AvgIpc) is 2.99. The average molecular weight is 178 g/mol. The van der Waals surface area contributed by atoms with Crippen molar-refractivity contribution in [1.29, 1.82) is 0 Å². The number of ether oxygens (including phenoxy) is 2. The summed E-state index contributed by atoms with van der Waals surface area (Å²) in [7, 11) is 0. The van der Waals surface area contributed by atoms with E-state index >= 15 is 0 Å². The highest BCUT2D eigenvalue weighted by atomic mass is 16.6. The maximum atomic E-state index is 10.2. The molecular formula is C10H10O3. The molecule has 68 valence electrons. The molecule has 2 unspecified atom stereocenters. The van der Waals surface area contributed by atoms with E-state index in [1.807, 2.05) is 30.3 Å². The van der Waals surface area contributed by atoms with Gasteiger partial charge in [0.25, 0.3) is 6.47 Å². The summed E-state index contributed by atoms with van der Waals surface area (Å²) in [5, 5.41) is 0. The summed E-state index contributed by atoms with van der Waals surface area (Å²) in [5.41, 5.74) is 0.983. The topological polar surface area (TPSA) is 38.8 Å². The van der Waals surface area contributed by atoms with Gasteiger partial charge in [0, 0.05) is 0 Å². The van der Waals surface area contributed by atoms with Crippen LogP contribution in [0.15, 0.2) is 30.3 Å². The van der Waals surface area contributed by atoms with Crippen molar-refractivity contribution in [3.63, 3.8) is 0 Å². The highest BCUT2D eigenvalue weighted by molar-refractivity contribution is 5.39. The number of carbonyl (C=O) groups is 1. The Balaban J connectivity index is 2.14. The Labute approximate surface area is 76.3 Å². The molecule has 0 bridgehead atoms. The normalized spacial score (nSPS) is 22.0. The van der Waals surface area contributed by atoms with Gasteiger partial charge in [-0.25, -0.2) is 0 Å². The lowest BCUT2D eigenvalue weighted by Crippen LogP contribution is -2.09. The molecule has 0 saturated carbocycles. The van der Waals surface area contributed by atoms with E-state index in [0.717, 1.165) is 5.56 Å². The van der Waals surface area contributed by atoms with Gasteiger partial charge in [0.15, 0.2) is 6.10 Å². The minimum absolute atomic E-state index is 0.0487. The Morgan fingerprint density at radius 2 is 2.15 bits per heavy atom. The fraction of sp³-hybridized carbons (Fsp3) is 0.300. The third-order valence-corrected chi connectivity index (χ3v) is 2.03. The summed E-state index contributed by atoms with van der Waals surface area (Å²) in [6.07, 6.45) is -0.189. The molecule has 1 aliphatic rings. The Morgan fingerprint density at radius 1 is 1.46 bits per heavy atom. The third-order valence-electron chi connectivity index (χ3n) is 2.03. The highest BCUT2D eigenvalue weighted by Crippen LogP contribution is 2.29.